The second-order valence-corrected chi connectivity index (χ2v) is 5.00. The van der Waals surface area contributed by atoms with Crippen molar-refractivity contribution in [3.05, 3.63) is 84.4 Å². The quantitative estimate of drug-likeness (QED) is 0.662. The molecule has 0 saturated carbocycles. The standard InChI is InChI=1S/C20H18O2/c1-21-20-10-6-5-9-19(20)17-11-13-18(14-12-17)22-15-16-7-3-2-4-8-16/h2-14H,15H2,1H3. The van der Waals surface area contributed by atoms with Gasteiger partial charge in [0.15, 0.2) is 0 Å². The molecule has 2 heteroatoms. The maximum atomic E-state index is 5.81. The molecule has 0 spiro atoms. The first-order valence-corrected chi connectivity index (χ1v) is 7.27. The lowest BCUT2D eigenvalue weighted by Crippen LogP contribution is -1.94. The lowest BCUT2D eigenvalue weighted by Gasteiger charge is -2.10. The molecule has 3 rings (SSSR count). The highest BCUT2D eigenvalue weighted by molar-refractivity contribution is 5.70. The van der Waals surface area contributed by atoms with Crippen LogP contribution in [0.25, 0.3) is 11.1 Å². The van der Waals surface area contributed by atoms with Gasteiger partial charge in [-0.05, 0) is 29.3 Å². The normalized spacial score (nSPS) is 10.2. The van der Waals surface area contributed by atoms with Gasteiger partial charge in [-0.3, -0.25) is 0 Å². The number of hydrogen-bond donors (Lipinski definition) is 0. The van der Waals surface area contributed by atoms with E-state index in [0.29, 0.717) is 6.61 Å². The number of rotatable bonds is 5. The predicted octanol–water partition coefficient (Wildman–Crippen LogP) is 4.94. The van der Waals surface area contributed by atoms with E-state index in [-0.39, 0.29) is 0 Å². The summed E-state index contributed by atoms with van der Waals surface area (Å²) in [6, 6.07) is 26.3. The van der Waals surface area contributed by atoms with E-state index in [1.54, 1.807) is 7.11 Å². The summed E-state index contributed by atoms with van der Waals surface area (Å²) in [5, 5.41) is 0. The molecule has 2 nitrogen and oxygen atoms in total. The zero-order chi connectivity index (χ0) is 15.2. The van der Waals surface area contributed by atoms with Crippen LogP contribution >= 0.6 is 0 Å². The van der Waals surface area contributed by atoms with Crippen LogP contribution in [-0.2, 0) is 6.61 Å². The minimum Gasteiger partial charge on any atom is -0.496 e. The molecular formula is C20H18O2. The molecule has 0 aliphatic carbocycles. The molecule has 0 unspecified atom stereocenters. The molecule has 0 aliphatic rings. The Bertz CT molecular complexity index is 718. The number of hydrogen-bond acceptors (Lipinski definition) is 2. The van der Waals surface area contributed by atoms with E-state index >= 15 is 0 Å². The smallest absolute Gasteiger partial charge is 0.126 e. The van der Waals surface area contributed by atoms with Gasteiger partial charge in [0.05, 0.1) is 7.11 Å². The third kappa shape index (κ3) is 3.29. The Kier molecular flexibility index (Phi) is 4.40. The first-order chi connectivity index (χ1) is 10.9. The Hall–Kier alpha value is -2.74. The molecule has 0 N–H and O–H groups in total. The largest absolute Gasteiger partial charge is 0.496 e. The maximum absolute atomic E-state index is 5.81. The number of methoxy groups -OCH3 is 1. The van der Waals surface area contributed by atoms with Crippen LogP contribution in [0.1, 0.15) is 5.56 Å². The van der Waals surface area contributed by atoms with E-state index in [1.807, 2.05) is 48.5 Å². The first kappa shape index (κ1) is 14.2. The Labute approximate surface area is 131 Å². The molecule has 110 valence electrons. The van der Waals surface area contributed by atoms with Crippen molar-refractivity contribution in [3.63, 3.8) is 0 Å². The second kappa shape index (κ2) is 6.81. The van der Waals surface area contributed by atoms with Crippen molar-refractivity contribution in [1.82, 2.24) is 0 Å². The van der Waals surface area contributed by atoms with Crippen molar-refractivity contribution in [2.45, 2.75) is 6.61 Å². The van der Waals surface area contributed by atoms with Crippen molar-refractivity contribution in [2.75, 3.05) is 7.11 Å². The monoisotopic (exact) mass is 290 g/mol. The van der Waals surface area contributed by atoms with Crippen LogP contribution < -0.4 is 9.47 Å². The summed E-state index contributed by atoms with van der Waals surface area (Å²) in [5.74, 6) is 1.74. The Morgan fingerprint density at radius 3 is 2.14 bits per heavy atom. The molecule has 0 fully saturated rings. The number of benzene rings is 3. The summed E-state index contributed by atoms with van der Waals surface area (Å²) in [6.45, 7) is 0.578. The summed E-state index contributed by atoms with van der Waals surface area (Å²) in [4.78, 5) is 0. The number of ether oxygens (including phenoxy) is 2. The highest BCUT2D eigenvalue weighted by atomic mass is 16.5. The van der Waals surface area contributed by atoms with Crippen molar-refractivity contribution >= 4 is 0 Å². The summed E-state index contributed by atoms with van der Waals surface area (Å²) >= 11 is 0. The fraction of sp³-hybridized carbons (Fsp3) is 0.100. The summed E-state index contributed by atoms with van der Waals surface area (Å²) in [6.07, 6.45) is 0. The van der Waals surface area contributed by atoms with Gasteiger partial charge in [0.1, 0.15) is 18.1 Å². The van der Waals surface area contributed by atoms with Gasteiger partial charge in [0, 0.05) is 5.56 Å². The number of para-hydroxylation sites is 1. The summed E-state index contributed by atoms with van der Waals surface area (Å²) in [7, 11) is 1.69. The van der Waals surface area contributed by atoms with Gasteiger partial charge in [-0.15, -0.1) is 0 Å². The van der Waals surface area contributed by atoms with Crippen molar-refractivity contribution in [3.8, 4) is 22.6 Å². The topological polar surface area (TPSA) is 18.5 Å². The van der Waals surface area contributed by atoms with E-state index < -0.39 is 0 Å². The molecule has 0 atom stereocenters. The van der Waals surface area contributed by atoms with E-state index in [4.69, 9.17) is 9.47 Å². The highest BCUT2D eigenvalue weighted by Crippen LogP contribution is 2.30. The molecule has 0 aromatic heterocycles. The van der Waals surface area contributed by atoms with Crippen molar-refractivity contribution in [1.29, 1.82) is 0 Å². The Balaban J connectivity index is 1.73. The van der Waals surface area contributed by atoms with Crippen LogP contribution in [0.4, 0.5) is 0 Å². The average molecular weight is 290 g/mol. The van der Waals surface area contributed by atoms with Gasteiger partial charge in [-0.25, -0.2) is 0 Å². The SMILES string of the molecule is COc1ccccc1-c1ccc(OCc2ccccc2)cc1. The van der Waals surface area contributed by atoms with Crippen LogP contribution in [0.15, 0.2) is 78.9 Å². The third-order valence-corrected chi connectivity index (χ3v) is 3.52. The van der Waals surface area contributed by atoms with Crippen molar-refractivity contribution < 1.29 is 9.47 Å². The van der Waals surface area contributed by atoms with Crippen LogP contribution in [-0.4, -0.2) is 7.11 Å². The maximum Gasteiger partial charge on any atom is 0.126 e. The minimum absolute atomic E-state index is 0.578. The Morgan fingerprint density at radius 2 is 1.41 bits per heavy atom. The fourth-order valence-corrected chi connectivity index (χ4v) is 2.35. The summed E-state index contributed by atoms with van der Waals surface area (Å²) < 4.78 is 11.2. The average Bonchev–Trinajstić information content (AvgIpc) is 2.61. The van der Waals surface area contributed by atoms with E-state index in [1.165, 1.54) is 0 Å². The predicted molar refractivity (Wildman–Crippen MR) is 89.2 cm³/mol. The molecule has 3 aromatic rings. The van der Waals surface area contributed by atoms with Crippen LogP contribution in [0.2, 0.25) is 0 Å². The Morgan fingerprint density at radius 1 is 0.727 bits per heavy atom. The molecule has 3 aromatic carbocycles. The van der Waals surface area contributed by atoms with Gasteiger partial charge < -0.3 is 9.47 Å². The van der Waals surface area contributed by atoms with Gasteiger partial charge in [-0.1, -0.05) is 60.7 Å². The lowest BCUT2D eigenvalue weighted by molar-refractivity contribution is 0.306. The molecule has 0 bridgehead atoms. The molecule has 0 heterocycles. The molecule has 22 heavy (non-hydrogen) atoms. The minimum atomic E-state index is 0.578. The van der Waals surface area contributed by atoms with Crippen molar-refractivity contribution in [2.24, 2.45) is 0 Å². The molecule has 0 saturated heterocycles. The summed E-state index contributed by atoms with van der Waals surface area (Å²) in [5.41, 5.74) is 3.36. The first-order valence-electron chi connectivity index (χ1n) is 7.27. The molecule has 0 aliphatic heterocycles. The zero-order valence-corrected chi connectivity index (χ0v) is 12.5. The van der Waals surface area contributed by atoms with E-state index in [9.17, 15) is 0 Å². The van der Waals surface area contributed by atoms with Crippen LogP contribution in [0, 0.1) is 0 Å². The zero-order valence-electron chi connectivity index (χ0n) is 12.5. The molecule has 0 radical (unpaired) electrons. The van der Waals surface area contributed by atoms with Gasteiger partial charge >= 0.3 is 0 Å². The van der Waals surface area contributed by atoms with E-state index in [2.05, 4.69) is 30.3 Å². The van der Waals surface area contributed by atoms with Crippen LogP contribution in [0.3, 0.4) is 0 Å². The van der Waals surface area contributed by atoms with Gasteiger partial charge in [-0.2, -0.15) is 0 Å². The lowest BCUT2D eigenvalue weighted by atomic mass is 10.0. The van der Waals surface area contributed by atoms with Gasteiger partial charge in [0.25, 0.3) is 0 Å². The van der Waals surface area contributed by atoms with Gasteiger partial charge in [0.2, 0.25) is 0 Å². The third-order valence-electron chi connectivity index (χ3n) is 3.52. The fourth-order valence-electron chi connectivity index (χ4n) is 2.35. The highest BCUT2D eigenvalue weighted by Gasteiger charge is 2.04. The molecular weight excluding hydrogens is 272 g/mol. The molecule has 0 amide bonds. The van der Waals surface area contributed by atoms with E-state index in [0.717, 1.165) is 28.2 Å². The van der Waals surface area contributed by atoms with Crippen LogP contribution in [0.5, 0.6) is 11.5 Å². The second-order valence-electron chi connectivity index (χ2n) is 5.00.